The zero-order chi connectivity index (χ0) is 13.1. The molecule has 4 nitrogen and oxygen atoms in total. The van der Waals surface area contributed by atoms with E-state index in [1.54, 1.807) is 7.11 Å². The highest BCUT2D eigenvalue weighted by Crippen LogP contribution is 2.36. The van der Waals surface area contributed by atoms with Gasteiger partial charge in [0, 0.05) is 36.7 Å². The Kier molecular flexibility index (Phi) is 4.35. The number of piperazine rings is 1. The first-order chi connectivity index (χ1) is 8.65. The van der Waals surface area contributed by atoms with Gasteiger partial charge in [-0.1, -0.05) is 6.92 Å². The van der Waals surface area contributed by atoms with Crippen LogP contribution in [0.15, 0.2) is 16.6 Å². The quantitative estimate of drug-likeness (QED) is 0.869. The zero-order valence-corrected chi connectivity index (χ0v) is 12.5. The van der Waals surface area contributed by atoms with Gasteiger partial charge in [0.1, 0.15) is 5.75 Å². The summed E-state index contributed by atoms with van der Waals surface area (Å²) in [5, 5.41) is 0. The molecule has 1 aromatic rings. The van der Waals surface area contributed by atoms with Gasteiger partial charge in [0.25, 0.3) is 0 Å². The maximum absolute atomic E-state index is 6.13. The molecule has 0 aromatic heterocycles. The summed E-state index contributed by atoms with van der Waals surface area (Å²) < 4.78 is 6.22. The smallest absolute Gasteiger partial charge is 0.122 e. The molecule has 0 aliphatic carbocycles. The lowest BCUT2D eigenvalue weighted by Crippen LogP contribution is -2.46. The van der Waals surface area contributed by atoms with Crippen molar-refractivity contribution in [2.24, 2.45) is 0 Å². The molecular formula is C13H20BrN3O. The average molecular weight is 314 g/mol. The summed E-state index contributed by atoms with van der Waals surface area (Å²) in [5.74, 6) is 0.787. The first-order valence-electron chi connectivity index (χ1n) is 6.26. The fourth-order valence-electron chi connectivity index (χ4n) is 2.33. The Bertz CT molecular complexity index is 394. The third kappa shape index (κ3) is 2.72. The van der Waals surface area contributed by atoms with E-state index in [1.165, 1.54) is 0 Å². The molecule has 2 rings (SSSR count). The third-order valence-corrected chi connectivity index (χ3v) is 4.04. The van der Waals surface area contributed by atoms with Crippen LogP contribution in [0.1, 0.15) is 6.92 Å². The Morgan fingerprint density at radius 2 is 1.94 bits per heavy atom. The van der Waals surface area contributed by atoms with Crippen molar-refractivity contribution in [2.45, 2.75) is 6.92 Å². The summed E-state index contributed by atoms with van der Waals surface area (Å²) in [6.07, 6.45) is 0. The molecular weight excluding hydrogens is 294 g/mol. The van der Waals surface area contributed by atoms with E-state index in [0.717, 1.165) is 54.3 Å². The number of nitrogens with zero attached hydrogens (tertiary/aromatic N) is 2. The Morgan fingerprint density at radius 3 is 2.44 bits per heavy atom. The highest BCUT2D eigenvalue weighted by molar-refractivity contribution is 9.10. The van der Waals surface area contributed by atoms with Crippen LogP contribution in [0.25, 0.3) is 0 Å². The Hall–Kier alpha value is -0.940. The Balaban J connectivity index is 2.19. The topological polar surface area (TPSA) is 41.7 Å². The number of halogens is 1. The zero-order valence-electron chi connectivity index (χ0n) is 10.9. The minimum atomic E-state index is 0.770. The van der Waals surface area contributed by atoms with Crippen molar-refractivity contribution in [1.82, 2.24) is 4.90 Å². The van der Waals surface area contributed by atoms with Crippen LogP contribution in [0.2, 0.25) is 0 Å². The molecule has 2 N–H and O–H groups in total. The van der Waals surface area contributed by atoms with E-state index < -0.39 is 0 Å². The lowest BCUT2D eigenvalue weighted by Gasteiger charge is -2.36. The van der Waals surface area contributed by atoms with Crippen LogP contribution in [-0.2, 0) is 0 Å². The predicted molar refractivity (Wildman–Crippen MR) is 79.4 cm³/mol. The van der Waals surface area contributed by atoms with E-state index in [-0.39, 0.29) is 0 Å². The second-order valence-electron chi connectivity index (χ2n) is 4.47. The summed E-state index contributed by atoms with van der Waals surface area (Å²) in [6.45, 7) is 7.54. The van der Waals surface area contributed by atoms with Crippen LogP contribution in [0.5, 0.6) is 5.75 Å². The average Bonchev–Trinajstić information content (AvgIpc) is 2.38. The number of likely N-dealkylation sites (N-methyl/N-ethyl adjacent to an activating group) is 1. The number of methoxy groups -OCH3 is 1. The van der Waals surface area contributed by atoms with Gasteiger partial charge in [-0.2, -0.15) is 0 Å². The molecule has 5 heteroatoms. The number of hydrogen-bond acceptors (Lipinski definition) is 4. The second kappa shape index (κ2) is 5.80. The van der Waals surface area contributed by atoms with Crippen LogP contribution >= 0.6 is 15.9 Å². The van der Waals surface area contributed by atoms with Gasteiger partial charge in [0.2, 0.25) is 0 Å². The van der Waals surface area contributed by atoms with Gasteiger partial charge < -0.3 is 20.3 Å². The van der Waals surface area contributed by atoms with Gasteiger partial charge in [-0.05, 0) is 28.5 Å². The van der Waals surface area contributed by atoms with Gasteiger partial charge in [-0.15, -0.1) is 0 Å². The summed E-state index contributed by atoms with van der Waals surface area (Å²) in [6, 6.07) is 3.85. The Morgan fingerprint density at radius 1 is 1.28 bits per heavy atom. The number of rotatable bonds is 3. The van der Waals surface area contributed by atoms with E-state index >= 15 is 0 Å². The van der Waals surface area contributed by atoms with E-state index in [2.05, 4.69) is 32.7 Å². The molecule has 0 saturated carbocycles. The molecule has 1 aromatic carbocycles. The molecule has 1 fully saturated rings. The standard InChI is InChI=1S/C13H20BrN3O/c1-3-16-4-6-17(7-5-16)13-11(14)8-10(18-2)9-12(13)15/h8-9H,3-7,15H2,1-2H3. The molecule has 1 aliphatic heterocycles. The lowest BCUT2D eigenvalue weighted by atomic mass is 10.2. The van der Waals surface area contributed by atoms with Crippen LogP contribution in [0.3, 0.4) is 0 Å². The normalized spacial score (nSPS) is 16.9. The van der Waals surface area contributed by atoms with Crippen LogP contribution in [0, 0.1) is 0 Å². The fraction of sp³-hybridized carbons (Fsp3) is 0.538. The molecule has 0 bridgehead atoms. The maximum atomic E-state index is 6.13. The monoisotopic (exact) mass is 313 g/mol. The fourth-order valence-corrected chi connectivity index (χ4v) is 3.04. The number of nitrogens with two attached hydrogens (primary N) is 1. The molecule has 0 spiro atoms. The van der Waals surface area contributed by atoms with Gasteiger partial charge in [-0.3, -0.25) is 0 Å². The van der Waals surface area contributed by atoms with Gasteiger partial charge in [-0.25, -0.2) is 0 Å². The molecule has 1 aliphatic rings. The number of anilines is 2. The molecule has 100 valence electrons. The number of hydrogen-bond donors (Lipinski definition) is 1. The van der Waals surface area contributed by atoms with Gasteiger partial charge in [0.05, 0.1) is 18.5 Å². The maximum Gasteiger partial charge on any atom is 0.122 e. The van der Waals surface area contributed by atoms with Gasteiger partial charge >= 0.3 is 0 Å². The van der Waals surface area contributed by atoms with Crippen molar-refractivity contribution in [1.29, 1.82) is 0 Å². The first-order valence-corrected chi connectivity index (χ1v) is 7.05. The van der Waals surface area contributed by atoms with Crippen molar-refractivity contribution in [2.75, 3.05) is 50.5 Å². The highest BCUT2D eigenvalue weighted by atomic mass is 79.9. The summed E-state index contributed by atoms with van der Waals surface area (Å²) in [5.41, 5.74) is 7.99. The van der Waals surface area contributed by atoms with Crippen molar-refractivity contribution in [3.63, 3.8) is 0 Å². The van der Waals surface area contributed by atoms with Crippen molar-refractivity contribution in [3.05, 3.63) is 16.6 Å². The minimum absolute atomic E-state index is 0.770. The number of benzene rings is 1. The third-order valence-electron chi connectivity index (χ3n) is 3.44. The number of ether oxygens (including phenoxy) is 1. The van der Waals surface area contributed by atoms with E-state index in [0.29, 0.717) is 0 Å². The van der Waals surface area contributed by atoms with Crippen molar-refractivity contribution < 1.29 is 4.74 Å². The van der Waals surface area contributed by atoms with E-state index in [1.807, 2.05) is 12.1 Å². The van der Waals surface area contributed by atoms with Crippen molar-refractivity contribution in [3.8, 4) is 5.75 Å². The lowest BCUT2D eigenvalue weighted by molar-refractivity contribution is 0.271. The summed E-state index contributed by atoms with van der Waals surface area (Å²) >= 11 is 3.59. The van der Waals surface area contributed by atoms with E-state index in [4.69, 9.17) is 10.5 Å². The Labute approximate surface area is 117 Å². The molecule has 1 heterocycles. The molecule has 0 amide bonds. The van der Waals surface area contributed by atoms with Crippen LogP contribution in [0.4, 0.5) is 11.4 Å². The molecule has 18 heavy (non-hydrogen) atoms. The largest absolute Gasteiger partial charge is 0.497 e. The number of nitrogen functional groups attached to an aromatic ring is 1. The summed E-state index contributed by atoms with van der Waals surface area (Å²) in [4.78, 5) is 4.79. The molecule has 0 unspecified atom stereocenters. The first kappa shape index (κ1) is 13.5. The molecule has 1 saturated heterocycles. The van der Waals surface area contributed by atoms with Crippen LogP contribution in [-0.4, -0.2) is 44.7 Å². The van der Waals surface area contributed by atoms with Gasteiger partial charge in [0.15, 0.2) is 0 Å². The SMILES string of the molecule is CCN1CCN(c2c(N)cc(OC)cc2Br)CC1. The van der Waals surface area contributed by atoms with E-state index in [9.17, 15) is 0 Å². The minimum Gasteiger partial charge on any atom is -0.497 e. The highest BCUT2D eigenvalue weighted by Gasteiger charge is 2.20. The summed E-state index contributed by atoms with van der Waals surface area (Å²) in [7, 11) is 1.65. The van der Waals surface area contributed by atoms with Crippen molar-refractivity contribution >= 4 is 27.3 Å². The molecule has 0 atom stereocenters. The second-order valence-corrected chi connectivity index (χ2v) is 5.32. The molecule has 0 radical (unpaired) electrons. The predicted octanol–water partition coefficient (Wildman–Crippen LogP) is 2.18. The van der Waals surface area contributed by atoms with Crippen LogP contribution < -0.4 is 15.4 Å².